The fourth-order valence-corrected chi connectivity index (χ4v) is 7.15. The lowest BCUT2D eigenvalue weighted by atomic mass is 10.0. The number of anilines is 1. The van der Waals surface area contributed by atoms with Crippen molar-refractivity contribution in [3.8, 4) is 5.82 Å². The van der Waals surface area contributed by atoms with E-state index < -0.39 is 23.9 Å². The Balaban J connectivity index is 2.11. The molecule has 0 saturated heterocycles. The second kappa shape index (κ2) is 21.8. The Morgan fingerprint density at radius 1 is 0.737 bits per heavy atom. The Hall–Kier alpha value is -4.65. The summed E-state index contributed by atoms with van der Waals surface area (Å²) in [5, 5.41) is 4.69. The highest BCUT2D eigenvalue weighted by Gasteiger charge is 2.38. The molecule has 0 aliphatic rings. The van der Waals surface area contributed by atoms with Gasteiger partial charge in [-0.3, -0.25) is 4.40 Å². The van der Waals surface area contributed by atoms with E-state index in [-0.39, 0.29) is 77.1 Å². The van der Waals surface area contributed by atoms with Gasteiger partial charge in [-0.2, -0.15) is 9.78 Å². The topological polar surface area (TPSA) is 166 Å². The van der Waals surface area contributed by atoms with E-state index in [1.165, 1.54) is 22.4 Å². The Kier molecular flexibility index (Phi) is 17.2. The Labute approximate surface area is 340 Å². The molecule has 4 aromatic rings. The van der Waals surface area contributed by atoms with Crippen LogP contribution in [-0.2, 0) is 18.9 Å². The molecule has 0 fully saturated rings. The molecule has 3 unspecified atom stereocenters. The summed E-state index contributed by atoms with van der Waals surface area (Å²) in [6.07, 6.45) is 11.9. The lowest BCUT2D eigenvalue weighted by Gasteiger charge is -2.17. The number of fused-ring (bicyclic) bond motifs is 3. The van der Waals surface area contributed by atoms with Crippen LogP contribution in [0.3, 0.4) is 0 Å². The quantitative estimate of drug-likeness (QED) is 0.0560. The molecule has 312 valence electrons. The molecule has 13 nitrogen and oxygen atoms in total. The smallest absolute Gasteiger partial charge is 0.356 e. The zero-order valence-corrected chi connectivity index (χ0v) is 35.4. The molecule has 0 bridgehead atoms. The summed E-state index contributed by atoms with van der Waals surface area (Å²) in [6, 6.07) is 4.83. The Bertz CT molecular complexity index is 2010. The van der Waals surface area contributed by atoms with Crippen molar-refractivity contribution in [1.29, 1.82) is 0 Å². The van der Waals surface area contributed by atoms with E-state index in [0.29, 0.717) is 16.1 Å². The number of esters is 4. The molecule has 4 rings (SSSR count). The van der Waals surface area contributed by atoms with Crippen molar-refractivity contribution < 1.29 is 38.1 Å². The van der Waals surface area contributed by atoms with Crippen LogP contribution in [-0.4, -0.2) is 70.0 Å². The maximum Gasteiger partial charge on any atom is 0.356 e. The second-order valence-corrected chi connectivity index (χ2v) is 15.2. The summed E-state index contributed by atoms with van der Waals surface area (Å²) < 4.78 is 25.7. The number of carbonyl (C=O) groups is 4. The molecular weight excluding hydrogens is 750 g/mol. The highest BCUT2D eigenvalue weighted by Crippen LogP contribution is 2.36. The minimum absolute atomic E-state index is 0.0301. The molecule has 3 heterocycles. The van der Waals surface area contributed by atoms with Crippen molar-refractivity contribution >= 4 is 57.8 Å². The number of nitrogen functional groups attached to an aromatic ring is 1. The van der Waals surface area contributed by atoms with Crippen LogP contribution in [0, 0.1) is 17.8 Å². The van der Waals surface area contributed by atoms with Crippen molar-refractivity contribution in [3.63, 3.8) is 0 Å². The maximum atomic E-state index is 14.7. The van der Waals surface area contributed by atoms with E-state index in [0.717, 1.165) is 77.0 Å². The molecule has 3 atom stereocenters. The minimum atomic E-state index is -0.895. The summed E-state index contributed by atoms with van der Waals surface area (Å²) in [7, 11) is 1.22. The SMILES string of the molecule is CCCCC(CC)COC(=O)c1c(C(=O)OCC(CC)CCCC)c2c(-n3ncc(C(=O)OC)c3N)nc3ccc(Cl)cc3n2c1C(=O)OCC(CC)CCCC. The number of hydrogen-bond donors (Lipinski definition) is 1. The molecule has 0 aliphatic carbocycles. The van der Waals surface area contributed by atoms with E-state index in [1.807, 2.05) is 20.8 Å². The van der Waals surface area contributed by atoms with Crippen LogP contribution < -0.4 is 5.73 Å². The lowest BCUT2D eigenvalue weighted by Crippen LogP contribution is -2.22. The van der Waals surface area contributed by atoms with Gasteiger partial charge in [-0.15, -0.1) is 0 Å². The van der Waals surface area contributed by atoms with Crippen molar-refractivity contribution in [2.45, 2.75) is 119 Å². The summed E-state index contributed by atoms with van der Waals surface area (Å²) in [5.74, 6) is -3.37. The monoisotopic (exact) mass is 809 g/mol. The number of methoxy groups -OCH3 is 1. The molecule has 1 aromatic carbocycles. The third-order valence-electron chi connectivity index (χ3n) is 10.8. The zero-order valence-electron chi connectivity index (χ0n) is 34.7. The highest BCUT2D eigenvalue weighted by molar-refractivity contribution is 6.31. The number of aromatic nitrogens is 4. The third-order valence-corrected chi connectivity index (χ3v) is 11.0. The summed E-state index contributed by atoms with van der Waals surface area (Å²) >= 11 is 6.58. The number of benzene rings is 1. The van der Waals surface area contributed by atoms with Crippen LogP contribution in [0.25, 0.3) is 22.4 Å². The predicted octanol–water partition coefficient (Wildman–Crippen LogP) is 9.81. The number of nitrogens with zero attached hydrogens (tertiary/aromatic N) is 4. The van der Waals surface area contributed by atoms with E-state index >= 15 is 0 Å². The fraction of sp³-hybridized carbons (Fsp3) is 0.581. The number of hydrogen-bond acceptors (Lipinski definition) is 11. The molecule has 0 saturated carbocycles. The van der Waals surface area contributed by atoms with Crippen LogP contribution in [0.15, 0.2) is 24.4 Å². The van der Waals surface area contributed by atoms with Crippen LogP contribution in [0.4, 0.5) is 5.82 Å². The van der Waals surface area contributed by atoms with E-state index in [9.17, 15) is 19.2 Å². The standard InChI is InChI=1S/C43H60ClN5O8/c1-8-14-17-27(11-4)24-55-41(51)34-35(42(52)56-25-28(12-5)18-15-9-2)37(43(53)57-26-29(13-6)19-16-10-3)48-33-22-30(44)20-21-32(33)47-39(36(34)48)49-38(45)31(23-46-49)40(50)54-7/h20-23,27-29H,8-19,24-26,45H2,1-7H3. The predicted molar refractivity (Wildman–Crippen MR) is 221 cm³/mol. The summed E-state index contributed by atoms with van der Waals surface area (Å²) in [4.78, 5) is 61.7. The molecular formula is C43H60ClN5O8. The molecule has 0 spiro atoms. The number of nitrogens with two attached hydrogens (primary N) is 1. The number of unbranched alkanes of at least 4 members (excludes halogenated alkanes) is 3. The molecule has 2 N–H and O–H groups in total. The van der Waals surface area contributed by atoms with Gasteiger partial charge in [0.1, 0.15) is 33.7 Å². The van der Waals surface area contributed by atoms with Gasteiger partial charge in [0, 0.05) is 5.02 Å². The molecule has 57 heavy (non-hydrogen) atoms. The van der Waals surface area contributed by atoms with Crippen LogP contribution in [0.1, 0.15) is 160 Å². The molecule has 3 aromatic heterocycles. The number of ether oxygens (including phenoxy) is 4. The van der Waals surface area contributed by atoms with Crippen molar-refractivity contribution in [2.75, 3.05) is 32.7 Å². The Morgan fingerprint density at radius 3 is 1.74 bits per heavy atom. The first-order chi connectivity index (χ1) is 27.5. The van der Waals surface area contributed by atoms with E-state index in [4.69, 9.17) is 41.3 Å². The number of carbonyl (C=O) groups excluding carboxylic acids is 4. The zero-order chi connectivity index (χ0) is 41.6. The van der Waals surface area contributed by atoms with Gasteiger partial charge in [0.2, 0.25) is 0 Å². The van der Waals surface area contributed by atoms with Gasteiger partial charge >= 0.3 is 23.9 Å². The van der Waals surface area contributed by atoms with E-state index in [2.05, 4.69) is 25.9 Å². The molecule has 0 radical (unpaired) electrons. The third kappa shape index (κ3) is 10.7. The van der Waals surface area contributed by atoms with Gasteiger partial charge in [0.05, 0.1) is 44.2 Å². The first-order valence-corrected chi connectivity index (χ1v) is 21.0. The summed E-state index contributed by atoms with van der Waals surface area (Å²) in [6.45, 7) is 12.6. The van der Waals surface area contributed by atoms with Gasteiger partial charge in [-0.25, -0.2) is 24.2 Å². The maximum absolute atomic E-state index is 14.7. The molecule has 0 amide bonds. The average Bonchev–Trinajstić information content (AvgIpc) is 3.79. The van der Waals surface area contributed by atoms with Crippen molar-refractivity contribution in [3.05, 3.63) is 51.8 Å². The first kappa shape index (κ1) is 45.1. The normalized spacial score (nSPS) is 13.1. The van der Waals surface area contributed by atoms with Crippen molar-refractivity contribution in [2.24, 2.45) is 17.8 Å². The molecule has 0 aliphatic heterocycles. The number of halogens is 1. The van der Waals surface area contributed by atoms with E-state index in [1.54, 1.807) is 18.2 Å². The van der Waals surface area contributed by atoms with Gasteiger partial charge < -0.3 is 24.7 Å². The minimum Gasteiger partial charge on any atom is -0.465 e. The lowest BCUT2D eigenvalue weighted by molar-refractivity contribution is 0.0362. The van der Waals surface area contributed by atoms with Crippen molar-refractivity contribution in [1.82, 2.24) is 19.2 Å². The Morgan fingerprint density at radius 2 is 1.25 bits per heavy atom. The average molecular weight is 810 g/mol. The molecule has 14 heteroatoms. The first-order valence-electron chi connectivity index (χ1n) is 20.6. The van der Waals surface area contributed by atoms with Gasteiger partial charge in [0.15, 0.2) is 5.82 Å². The fourth-order valence-electron chi connectivity index (χ4n) is 6.98. The highest BCUT2D eigenvalue weighted by atomic mass is 35.5. The van der Waals surface area contributed by atoms with Gasteiger partial charge in [0.25, 0.3) is 0 Å². The van der Waals surface area contributed by atoms with Gasteiger partial charge in [-0.05, 0) is 55.2 Å². The number of rotatable bonds is 23. The van der Waals surface area contributed by atoms with Gasteiger partial charge in [-0.1, -0.05) is 111 Å². The van der Waals surface area contributed by atoms with Crippen LogP contribution >= 0.6 is 11.6 Å². The summed E-state index contributed by atoms with van der Waals surface area (Å²) in [5.41, 5.74) is 6.20. The largest absolute Gasteiger partial charge is 0.465 e. The second-order valence-electron chi connectivity index (χ2n) is 14.7. The van der Waals surface area contributed by atoms with Crippen LogP contribution in [0.2, 0.25) is 5.02 Å². The van der Waals surface area contributed by atoms with Crippen LogP contribution in [0.5, 0.6) is 0 Å².